The second-order valence-electron chi connectivity index (χ2n) is 5.84. The van der Waals surface area contributed by atoms with E-state index in [9.17, 15) is 5.11 Å². The summed E-state index contributed by atoms with van der Waals surface area (Å²) in [6.45, 7) is 8.66. The van der Waals surface area contributed by atoms with Gasteiger partial charge in [0.05, 0.1) is 6.61 Å². The normalized spacial score (nSPS) is 23.8. The van der Waals surface area contributed by atoms with Gasteiger partial charge in [-0.2, -0.15) is 0 Å². The molecule has 1 aliphatic heterocycles. The quantitative estimate of drug-likeness (QED) is 0.839. The monoisotopic (exact) mass is 248 g/mol. The van der Waals surface area contributed by atoms with Crippen LogP contribution in [0.4, 0.5) is 5.69 Å². The second kappa shape index (κ2) is 5.29. The van der Waals surface area contributed by atoms with Crippen LogP contribution >= 0.6 is 0 Å². The fraction of sp³-hybridized carbons (Fsp3) is 0.600. The van der Waals surface area contributed by atoms with Crippen molar-refractivity contribution in [2.75, 3.05) is 24.6 Å². The number of nitrogens with one attached hydrogen (secondary N) is 1. The largest absolute Gasteiger partial charge is 0.395 e. The van der Waals surface area contributed by atoms with Crippen molar-refractivity contribution in [3.05, 3.63) is 29.8 Å². The minimum absolute atomic E-state index is 0.117. The van der Waals surface area contributed by atoms with Crippen LogP contribution in [-0.2, 0) is 0 Å². The van der Waals surface area contributed by atoms with Crippen LogP contribution in [0.1, 0.15) is 25.8 Å². The molecule has 1 unspecified atom stereocenters. The van der Waals surface area contributed by atoms with Crippen LogP contribution in [0.25, 0.3) is 0 Å². The van der Waals surface area contributed by atoms with E-state index in [2.05, 4.69) is 55.3 Å². The zero-order valence-electron chi connectivity index (χ0n) is 11.6. The number of hydrogen-bond acceptors (Lipinski definition) is 3. The Kier molecular flexibility index (Phi) is 3.93. The highest BCUT2D eigenvalue weighted by molar-refractivity contribution is 5.50. The Labute approximate surface area is 110 Å². The first kappa shape index (κ1) is 13.4. The molecular weight excluding hydrogens is 224 g/mol. The van der Waals surface area contributed by atoms with E-state index in [1.54, 1.807) is 0 Å². The SMILES string of the molecule is Cc1ccc(N2CC(CO)NCCC2(C)C)cc1. The summed E-state index contributed by atoms with van der Waals surface area (Å²) in [5.74, 6) is 0. The summed E-state index contributed by atoms with van der Waals surface area (Å²) >= 11 is 0. The summed E-state index contributed by atoms with van der Waals surface area (Å²) < 4.78 is 0. The average Bonchev–Trinajstić information content (AvgIpc) is 2.49. The Hall–Kier alpha value is -1.06. The summed E-state index contributed by atoms with van der Waals surface area (Å²) in [6.07, 6.45) is 1.08. The number of hydrogen-bond donors (Lipinski definition) is 2. The van der Waals surface area contributed by atoms with Crippen molar-refractivity contribution in [3.63, 3.8) is 0 Å². The molecular formula is C15H24N2O. The van der Waals surface area contributed by atoms with Crippen LogP contribution in [0.15, 0.2) is 24.3 Å². The highest BCUT2D eigenvalue weighted by Crippen LogP contribution is 2.28. The molecule has 1 heterocycles. The molecule has 0 spiro atoms. The van der Waals surface area contributed by atoms with Crippen molar-refractivity contribution in [1.29, 1.82) is 0 Å². The molecule has 3 nitrogen and oxygen atoms in total. The third kappa shape index (κ3) is 2.85. The molecule has 1 aromatic carbocycles. The van der Waals surface area contributed by atoms with Gasteiger partial charge in [0, 0.05) is 23.8 Å². The molecule has 0 aliphatic carbocycles. The lowest BCUT2D eigenvalue weighted by Gasteiger charge is -2.39. The fourth-order valence-electron chi connectivity index (χ4n) is 2.55. The Bertz CT molecular complexity index is 386. The predicted octanol–water partition coefficient (Wildman–Crippen LogP) is 1.93. The maximum absolute atomic E-state index is 9.41. The zero-order valence-corrected chi connectivity index (χ0v) is 11.6. The van der Waals surface area contributed by atoms with Crippen molar-refractivity contribution in [2.45, 2.75) is 38.8 Å². The Morgan fingerprint density at radius 2 is 2.00 bits per heavy atom. The molecule has 0 amide bonds. The summed E-state index contributed by atoms with van der Waals surface area (Å²) in [5.41, 5.74) is 2.64. The number of rotatable bonds is 2. The lowest BCUT2D eigenvalue weighted by Crippen LogP contribution is -2.47. The number of nitrogens with zero attached hydrogens (tertiary/aromatic N) is 1. The molecule has 18 heavy (non-hydrogen) atoms. The molecule has 1 saturated heterocycles. The van der Waals surface area contributed by atoms with Crippen molar-refractivity contribution < 1.29 is 5.11 Å². The number of benzene rings is 1. The molecule has 3 heteroatoms. The molecule has 2 rings (SSSR count). The summed E-state index contributed by atoms with van der Waals surface area (Å²) in [6, 6.07) is 8.82. The number of aliphatic hydroxyl groups is 1. The van der Waals surface area contributed by atoms with Gasteiger partial charge in [0.1, 0.15) is 0 Å². The number of aliphatic hydroxyl groups excluding tert-OH is 1. The van der Waals surface area contributed by atoms with E-state index in [1.807, 2.05) is 0 Å². The van der Waals surface area contributed by atoms with Gasteiger partial charge in [-0.05, 0) is 45.9 Å². The maximum Gasteiger partial charge on any atom is 0.0601 e. The first-order valence-electron chi connectivity index (χ1n) is 6.71. The Morgan fingerprint density at radius 3 is 2.61 bits per heavy atom. The van der Waals surface area contributed by atoms with Gasteiger partial charge in [-0.3, -0.25) is 0 Å². The fourth-order valence-corrected chi connectivity index (χ4v) is 2.55. The molecule has 2 N–H and O–H groups in total. The molecule has 100 valence electrons. The molecule has 1 fully saturated rings. The molecule has 1 aliphatic rings. The standard InChI is InChI=1S/C15H24N2O/c1-12-4-6-14(7-5-12)17-10-13(11-18)16-9-8-15(17,2)3/h4-7,13,16,18H,8-11H2,1-3H3. The van der Waals surface area contributed by atoms with Crippen molar-refractivity contribution in [1.82, 2.24) is 5.32 Å². The van der Waals surface area contributed by atoms with E-state index in [0.717, 1.165) is 19.5 Å². The zero-order chi connectivity index (χ0) is 13.2. The van der Waals surface area contributed by atoms with Gasteiger partial charge in [0.2, 0.25) is 0 Å². The predicted molar refractivity (Wildman–Crippen MR) is 76.1 cm³/mol. The van der Waals surface area contributed by atoms with Gasteiger partial charge < -0.3 is 15.3 Å². The Morgan fingerprint density at radius 1 is 1.33 bits per heavy atom. The van der Waals surface area contributed by atoms with Gasteiger partial charge >= 0.3 is 0 Å². The van der Waals surface area contributed by atoms with Gasteiger partial charge in [-0.25, -0.2) is 0 Å². The minimum Gasteiger partial charge on any atom is -0.395 e. The third-order valence-electron chi connectivity index (χ3n) is 3.87. The van der Waals surface area contributed by atoms with E-state index in [0.29, 0.717) is 0 Å². The molecule has 1 aromatic rings. The second-order valence-corrected chi connectivity index (χ2v) is 5.84. The van der Waals surface area contributed by atoms with E-state index >= 15 is 0 Å². The summed E-state index contributed by atoms with van der Waals surface area (Å²) in [5, 5.41) is 12.8. The van der Waals surface area contributed by atoms with E-state index in [4.69, 9.17) is 0 Å². The molecule has 1 atom stereocenters. The third-order valence-corrected chi connectivity index (χ3v) is 3.87. The Balaban J connectivity index is 2.27. The first-order chi connectivity index (χ1) is 8.53. The van der Waals surface area contributed by atoms with Crippen molar-refractivity contribution >= 4 is 5.69 Å². The average molecular weight is 248 g/mol. The van der Waals surface area contributed by atoms with Crippen LogP contribution in [0, 0.1) is 6.92 Å². The van der Waals surface area contributed by atoms with Crippen LogP contribution in [0.3, 0.4) is 0 Å². The summed E-state index contributed by atoms with van der Waals surface area (Å²) in [4.78, 5) is 2.41. The molecule has 0 bridgehead atoms. The van der Waals surface area contributed by atoms with E-state index in [1.165, 1.54) is 11.3 Å². The van der Waals surface area contributed by atoms with Gasteiger partial charge in [0.15, 0.2) is 0 Å². The van der Waals surface area contributed by atoms with Gasteiger partial charge in [-0.15, -0.1) is 0 Å². The van der Waals surface area contributed by atoms with Crippen LogP contribution in [0.5, 0.6) is 0 Å². The minimum atomic E-state index is 0.117. The van der Waals surface area contributed by atoms with Crippen molar-refractivity contribution in [2.24, 2.45) is 0 Å². The highest BCUT2D eigenvalue weighted by Gasteiger charge is 2.31. The van der Waals surface area contributed by atoms with Crippen LogP contribution in [0.2, 0.25) is 0 Å². The lowest BCUT2D eigenvalue weighted by atomic mass is 9.97. The number of aryl methyl sites for hydroxylation is 1. The number of anilines is 1. The first-order valence-corrected chi connectivity index (χ1v) is 6.71. The van der Waals surface area contributed by atoms with Crippen molar-refractivity contribution in [3.8, 4) is 0 Å². The highest BCUT2D eigenvalue weighted by atomic mass is 16.3. The lowest BCUT2D eigenvalue weighted by molar-refractivity contribution is 0.248. The van der Waals surface area contributed by atoms with Crippen LogP contribution in [-0.4, -0.2) is 36.4 Å². The molecule has 0 saturated carbocycles. The molecule has 0 radical (unpaired) electrons. The maximum atomic E-state index is 9.41. The topological polar surface area (TPSA) is 35.5 Å². The summed E-state index contributed by atoms with van der Waals surface area (Å²) in [7, 11) is 0. The molecule has 0 aromatic heterocycles. The van der Waals surface area contributed by atoms with Gasteiger partial charge in [0.25, 0.3) is 0 Å². The van der Waals surface area contributed by atoms with Crippen LogP contribution < -0.4 is 10.2 Å². The van der Waals surface area contributed by atoms with E-state index < -0.39 is 0 Å². The van der Waals surface area contributed by atoms with Gasteiger partial charge in [-0.1, -0.05) is 17.7 Å². The smallest absolute Gasteiger partial charge is 0.0601 e. The van der Waals surface area contributed by atoms with E-state index in [-0.39, 0.29) is 18.2 Å².